The predicted molar refractivity (Wildman–Crippen MR) is 208 cm³/mol. The van der Waals surface area contributed by atoms with E-state index in [0.29, 0.717) is 5.89 Å². The third-order valence-electron chi connectivity index (χ3n) is 9.83. The molecule has 0 unspecified atom stereocenters. The zero-order chi connectivity index (χ0) is 33.0. The van der Waals surface area contributed by atoms with Gasteiger partial charge in [0.2, 0.25) is 5.89 Å². The molecule has 10 aromatic rings. The van der Waals surface area contributed by atoms with Crippen molar-refractivity contribution < 1.29 is 4.42 Å². The molecular weight excluding hydrogens is 609 g/mol. The van der Waals surface area contributed by atoms with Crippen LogP contribution in [0.5, 0.6) is 0 Å². The molecule has 0 bridgehead atoms. The Hall–Kier alpha value is -6.71. The van der Waals surface area contributed by atoms with Crippen LogP contribution in [-0.2, 0) is 0 Å². The Bertz CT molecular complexity index is 2810. The summed E-state index contributed by atoms with van der Waals surface area (Å²) < 4.78 is 8.51. The van der Waals surface area contributed by atoms with E-state index >= 15 is 0 Å². The lowest BCUT2D eigenvalue weighted by Gasteiger charge is -2.15. The molecule has 2 aromatic heterocycles. The number of aromatic nitrogens is 2. The molecule has 0 fully saturated rings. The predicted octanol–water partition coefficient (Wildman–Crippen LogP) is 12.7. The van der Waals surface area contributed by atoms with E-state index in [9.17, 15) is 0 Å². The van der Waals surface area contributed by atoms with E-state index in [1.807, 2.05) is 24.3 Å². The highest BCUT2D eigenvalue weighted by atomic mass is 16.3. The topological polar surface area (TPSA) is 31.0 Å². The number of nitrogens with zero attached hydrogens (tertiary/aromatic N) is 2. The molecule has 3 heteroatoms. The molecular formula is C47H30N2O. The number of hydrogen-bond acceptors (Lipinski definition) is 2. The van der Waals surface area contributed by atoms with E-state index in [0.717, 1.165) is 22.2 Å². The Balaban J connectivity index is 1.20. The molecule has 0 radical (unpaired) electrons. The first-order valence-electron chi connectivity index (χ1n) is 17.0. The van der Waals surface area contributed by atoms with Gasteiger partial charge in [0, 0.05) is 21.9 Å². The van der Waals surface area contributed by atoms with Crippen molar-refractivity contribution in [3.05, 3.63) is 182 Å². The molecule has 0 aliphatic rings. The molecule has 0 saturated heterocycles. The molecule has 2 heterocycles. The lowest BCUT2D eigenvalue weighted by Crippen LogP contribution is -1.98. The Morgan fingerprint density at radius 3 is 1.94 bits per heavy atom. The summed E-state index contributed by atoms with van der Waals surface area (Å²) in [4.78, 5) is 4.69. The monoisotopic (exact) mass is 638 g/mol. The number of para-hydroxylation sites is 2. The molecule has 234 valence electrons. The van der Waals surface area contributed by atoms with Gasteiger partial charge in [0.25, 0.3) is 0 Å². The molecule has 0 amide bonds. The zero-order valence-electron chi connectivity index (χ0n) is 27.1. The maximum Gasteiger partial charge on any atom is 0.227 e. The lowest BCUT2D eigenvalue weighted by atomic mass is 9.94. The highest BCUT2D eigenvalue weighted by Crippen LogP contribution is 2.46. The van der Waals surface area contributed by atoms with Crippen LogP contribution in [0.15, 0.2) is 186 Å². The van der Waals surface area contributed by atoms with Crippen molar-refractivity contribution in [2.75, 3.05) is 0 Å². The largest absolute Gasteiger partial charge is 0.436 e. The molecule has 0 aliphatic carbocycles. The minimum Gasteiger partial charge on any atom is -0.436 e. The summed E-state index contributed by atoms with van der Waals surface area (Å²) in [6, 6.07) is 64.8. The molecule has 0 saturated carbocycles. The Kier molecular flexibility index (Phi) is 6.49. The number of rotatable bonds is 5. The van der Waals surface area contributed by atoms with Gasteiger partial charge in [-0.2, -0.15) is 0 Å². The van der Waals surface area contributed by atoms with Crippen LogP contribution in [0.3, 0.4) is 0 Å². The number of benzene rings is 8. The fourth-order valence-electron chi connectivity index (χ4n) is 7.51. The summed E-state index contributed by atoms with van der Waals surface area (Å²) in [6.45, 7) is 0. The van der Waals surface area contributed by atoms with E-state index in [1.165, 1.54) is 66.1 Å². The van der Waals surface area contributed by atoms with E-state index in [1.54, 1.807) is 0 Å². The summed E-state index contributed by atoms with van der Waals surface area (Å²) in [6.07, 6.45) is 0. The van der Waals surface area contributed by atoms with Crippen molar-refractivity contribution in [3.8, 4) is 50.7 Å². The number of fused-ring (bicyclic) bond motifs is 5. The minimum atomic E-state index is 0.636. The molecule has 0 N–H and O–H groups in total. The van der Waals surface area contributed by atoms with Crippen LogP contribution in [0.1, 0.15) is 0 Å². The highest BCUT2D eigenvalue weighted by molar-refractivity contribution is 6.19. The van der Waals surface area contributed by atoms with Gasteiger partial charge in [0.1, 0.15) is 5.52 Å². The van der Waals surface area contributed by atoms with Crippen LogP contribution in [0.4, 0.5) is 0 Å². The smallest absolute Gasteiger partial charge is 0.227 e. The van der Waals surface area contributed by atoms with Gasteiger partial charge in [0.15, 0.2) is 5.58 Å². The van der Waals surface area contributed by atoms with Crippen molar-refractivity contribution in [3.63, 3.8) is 0 Å². The average Bonchev–Trinajstić information content (AvgIpc) is 3.78. The maximum atomic E-state index is 6.03. The number of hydrogen-bond donors (Lipinski definition) is 0. The fraction of sp³-hybridized carbons (Fsp3) is 0. The quantitative estimate of drug-likeness (QED) is 0.188. The molecule has 3 nitrogen and oxygen atoms in total. The van der Waals surface area contributed by atoms with Crippen molar-refractivity contribution >= 4 is 43.5 Å². The van der Waals surface area contributed by atoms with Crippen LogP contribution in [0.25, 0.3) is 94.2 Å². The average molecular weight is 639 g/mol. The van der Waals surface area contributed by atoms with Gasteiger partial charge in [-0.25, -0.2) is 4.98 Å². The standard InChI is InChI=1S/C47H30N2O/c1-3-13-33(14-4-1)44-45-39-28-26-36(31-22-24-35(25-23-31)47-48-40-19-9-10-21-43(40)50-47)30-37(39)27-29-42(45)49(46(44)34-15-5-2-6-16-34)41-20-11-17-32-12-7-8-18-38(32)41/h1-30H. The van der Waals surface area contributed by atoms with E-state index in [-0.39, 0.29) is 0 Å². The first-order chi connectivity index (χ1) is 24.8. The molecule has 8 aromatic carbocycles. The molecule has 50 heavy (non-hydrogen) atoms. The van der Waals surface area contributed by atoms with E-state index < -0.39 is 0 Å². The molecule has 10 rings (SSSR count). The van der Waals surface area contributed by atoms with Crippen LogP contribution in [0.2, 0.25) is 0 Å². The summed E-state index contributed by atoms with van der Waals surface area (Å²) in [5.41, 5.74) is 12.1. The van der Waals surface area contributed by atoms with Crippen LogP contribution in [-0.4, -0.2) is 9.55 Å². The van der Waals surface area contributed by atoms with Gasteiger partial charge in [-0.1, -0.05) is 140 Å². The summed E-state index contributed by atoms with van der Waals surface area (Å²) in [5, 5.41) is 6.12. The van der Waals surface area contributed by atoms with Crippen molar-refractivity contribution in [1.29, 1.82) is 0 Å². The van der Waals surface area contributed by atoms with E-state index in [4.69, 9.17) is 4.42 Å². The van der Waals surface area contributed by atoms with Gasteiger partial charge in [-0.3, -0.25) is 0 Å². The third kappa shape index (κ3) is 4.56. The maximum absolute atomic E-state index is 6.03. The Labute approximate surface area is 289 Å². The van der Waals surface area contributed by atoms with Gasteiger partial charge in [0.05, 0.1) is 16.9 Å². The van der Waals surface area contributed by atoms with Gasteiger partial charge in [-0.15, -0.1) is 0 Å². The van der Waals surface area contributed by atoms with Crippen molar-refractivity contribution in [2.45, 2.75) is 0 Å². The minimum absolute atomic E-state index is 0.636. The number of oxazole rings is 1. The van der Waals surface area contributed by atoms with E-state index in [2.05, 4.69) is 167 Å². The van der Waals surface area contributed by atoms with Gasteiger partial charge < -0.3 is 8.98 Å². The highest BCUT2D eigenvalue weighted by Gasteiger charge is 2.24. The fourth-order valence-corrected chi connectivity index (χ4v) is 7.51. The molecule has 0 atom stereocenters. The first kappa shape index (κ1) is 28.3. The van der Waals surface area contributed by atoms with Crippen molar-refractivity contribution in [1.82, 2.24) is 9.55 Å². The second kappa shape index (κ2) is 11.5. The Morgan fingerprint density at radius 2 is 1.12 bits per heavy atom. The second-order valence-corrected chi connectivity index (χ2v) is 12.7. The van der Waals surface area contributed by atoms with Gasteiger partial charge in [-0.05, 0) is 80.9 Å². The molecule has 0 spiro atoms. The van der Waals surface area contributed by atoms with Crippen LogP contribution in [0, 0.1) is 0 Å². The van der Waals surface area contributed by atoms with Crippen LogP contribution < -0.4 is 0 Å². The first-order valence-corrected chi connectivity index (χ1v) is 17.0. The van der Waals surface area contributed by atoms with Crippen LogP contribution >= 0.6 is 0 Å². The summed E-state index contributed by atoms with van der Waals surface area (Å²) in [7, 11) is 0. The summed E-state index contributed by atoms with van der Waals surface area (Å²) in [5.74, 6) is 0.636. The zero-order valence-corrected chi connectivity index (χ0v) is 27.1. The Morgan fingerprint density at radius 1 is 0.440 bits per heavy atom. The summed E-state index contributed by atoms with van der Waals surface area (Å²) >= 11 is 0. The molecule has 0 aliphatic heterocycles. The third-order valence-corrected chi connectivity index (χ3v) is 9.83. The normalized spacial score (nSPS) is 11.6. The lowest BCUT2D eigenvalue weighted by molar-refractivity contribution is 0.620. The SMILES string of the molecule is c1ccc(-c2c(-c3ccccc3)n(-c3cccc4ccccc34)c3ccc4cc(-c5ccc(-c6nc7ccccc7o6)cc5)ccc4c23)cc1. The van der Waals surface area contributed by atoms with Gasteiger partial charge >= 0.3 is 0 Å². The second-order valence-electron chi connectivity index (χ2n) is 12.7. The van der Waals surface area contributed by atoms with Crippen molar-refractivity contribution in [2.24, 2.45) is 0 Å².